The van der Waals surface area contributed by atoms with Crippen molar-refractivity contribution in [2.75, 3.05) is 0 Å². The van der Waals surface area contributed by atoms with E-state index >= 15 is 0 Å². The molecule has 0 bridgehead atoms. The molecular weight excluding hydrogens is 304 g/mol. The summed E-state index contributed by atoms with van der Waals surface area (Å²) in [6.45, 7) is 4.09. The highest BCUT2D eigenvalue weighted by Crippen LogP contribution is 2.25. The molecule has 0 radical (unpaired) electrons. The number of rotatable bonds is 3. The Kier molecular flexibility index (Phi) is 6.60. The molecule has 0 aliphatic carbocycles. The third-order valence-electron chi connectivity index (χ3n) is 2.99. The van der Waals surface area contributed by atoms with Gasteiger partial charge in [-0.15, -0.1) is 0 Å². The first kappa shape index (κ1) is 17.7. The van der Waals surface area contributed by atoms with Gasteiger partial charge in [-0.05, 0) is 35.7 Å². The molecule has 0 fully saturated rings. The number of para-hydroxylation sites is 1. The van der Waals surface area contributed by atoms with Crippen LogP contribution in [0.25, 0.3) is 0 Å². The van der Waals surface area contributed by atoms with Crippen molar-refractivity contribution in [1.29, 1.82) is 0 Å². The summed E-state index contributed by atoms with van der Waals surface area (Å²) in [7, 11) is 0. The van der Waals surface area contributed by atoms with Crippen LogP contribution in [0.4, 0.5) is 0 Å². The average Bonchev–Trinajstić information content (AvgIpc) is 2.51. The van der Waals surface area contributed by atoms with Crippen LogP contribution < -0.4 is 0 Å². The van der Waals surface area contributed by atoms with Crippen molar-refractivity contribution >= 4 is 24.2 Å². The third kappa shape index (κ3) is 4.60. The van der Waals surface area contributed by atoms with Gasteiger partial charge < -0.3 is 10.2 Å². The Labute approximate surface area is 134 Å². The zero-order valence-corrected chi connectivity index (χ0v) is 13.0. The molecule has 0 aliphatic rings. The molecule has 0 atom stereocenters. The van der Waals surface area contributed by atoms with Crippen LogP contribution in [0.5, 0.6) is 11.5 Å². The minimum absolute atomic E-state index is 0.0504. The van der Waals surface area contributed by atoms with E-state index in [0.29, 0.717) is 24.1 Å². The van der Waals surface area contributed by atoms with Gasteiger partial charge in [0.05, 0.1) is 16.1 Å². The van der Waals surface area contributed by atoms with Crippen molar-refractivity contribution in [3.63, 3.8) is 0 Å². The van der Waals surface area contributed by atoms with Gasteiger partial charge in [0.25, 0.3) is 0 Å². The van der Waals surface area contributed by atoms with Crippen molar-refractivity contribution in [3.05, 3.63) is 58.1 Å². The molecule has 0 aliphatic heterocycles. The van der Waals surface area contributed by atoms with Gasteiger partial charge in [-0.25, -0.2) is 0 Å². The first-order chi connectivity index (χ1) is 10.4. The first-order valence-electron chi connectivity index (χ1n) is 6.61. The van der Waals surface area contributed by atoms with Crippen LogP contribution in [-0.2, 0) is 0 Å². The van der Waals surface area contributed by atoms with E-state index in [4.69, 9.17) is 16.7 Å². The predicted octanol–water partition coefficient (Wildman–Crippen LogP) is 4.19. The quantitative estimate of drug-likeness (QED) is 0.832. The monoisotopic (exact) mass is 320 g/mol. The molecule has 0 amide bonds. The molecule has 2 rings (SSSR count). The molecule has 22 heavy (non-hydrogen) atoms. The molecule has 0 unspecified atom stereocenters. The maximum Gasteiger partial charge on any atom is 0.153 e. The van der Waals surface area contributed by atoms with Crippen LogP contribution in [0.2, 0.25) is 5.02 Å². The van der Waals surface area contributed by atoms with E-state index in [0.717, 1.165) is 5.56 Å². The minimum Gasteiger partial charge on any atom is -0.507 e. The second kappa shape index (κ2) is 8.20. The number of aldehydes is 2. The summed E-state index contributed by atoms with van der Waals surface area (Å²) in [5.41, 5.74) is 1.64. The Balaban J connectivity index is 0.000000224. The van der Waals surface area contributed by atoms with Crippen LogP contribution in [0, 0.1) is 0 Å². The lowest BCUT2D eigenvalue weighted by atomic mass is 10.0. The molecule has 2 N–H and O–H groups in total. The fourth-order valence-corrected chi connectivity index (χ4v) is 1.84. The lowest BCUT2D eigenvalue weighted by Gasteiger charge is -2.05. The molecule has 0 saturated carbocycles. The van der Waals surface area contributed by atoms with E-state index in [1.807, 2.05) is 19.9 Å². The second-order valence-corrected chi connectivity index (χ2v) is 5.29. The molecule has 5 heteroatoms. The van der Waals surface area contributed by atoms with Gasteiger partial charge in [-0.1, -0.05) is 37.6 Å². The van der Waals surface area contributed by atoms with Crippen LogP contribution in [0.1, 0.15) is 46.0 Å². The number of carbonyl (C=O) groups is 2. The van der Waals surface area contributed by atoms with E-state index in [1.54, 1.807) is 18.2 Å². The summed E-state index contributed by atoms with van der Waals surface area (Å²) in [4.78, 5) is 20.6. The zero-order chi connectivity index (χ0) is 16.7. The first-order valence-corrected chi connectivity index (χ1v) is 6.99. The molecule has 4 nitrogen and oxygen atoms in total. The number of hydrogen-bond donors (Lipinski definition) is 2. The van der Waals surface area contributed by atoms with Crippen LogP contribution in [0.15, 0.2) is 36.4 Å². The number of benzene rings is 2. The molecule has 0 heterocycles. The highest BCUT2D eigenvalue weighted by molar-refractivity contribution is 6.32. The van der Waals surface area contributed by atoms with Crippen molar-refractivity contribution in [2.24, 2.45) is 0 Å². The van der Waals surface area contributed by atoms with E-state index in [-0.39, 0.29) is 22.1 Å². The molecular formula is C17H17ClO4. The summed E-state index contributed by atoms with van der Waals surface area (Å²) in [6.07, 6.45) is 1.22. The standard InChI is InChI=1S/C10H12O2.C7H5ClO2/c1-7(2)8-3-4-10(12)9(5-8)6-11;8-6-3-1-2-5(4-9)7(6)10/h3-7,12H,1-2H3;1-4,10H. The van der Waals surface area contributed by atoms with E-state index < -0.39 is 0 Å². The van der Waals surface area contributed by atoms with Crippen LogP contribution in [-0.4, -0.2) is 22.8 Å². The van der Waals surface area contributed by atoms with Gasteiger partial charge in [-0.2, -0.15) is 0 Å². The summed E-state index contributed by atoms with van der Waals surface area (Å²) in [5.74, 6) is 0.276. The number of halogens is 1. The van der Waals surface area contributed by atoms with E-state index in [1.165, 1.54) is 12.1 Å². The van der Waals surface area contributed by atoms with E-state index in [9.17, 15) is 14.7 Å². The number of phenols is 2. The molecule has 116 valence electrons. The predicted molar refractivity (Wildman–Crippen MR) is 86.1 cm³/mol. The second-order valence-electron chi connectivity index (χ2n) is 4.89. The average molecular weight is 321 g/mol. The summed E-state index contributed by atoms with van der Waals surface area (Å²) in [5, 5.41) is 18.4. The summed E-state index contributed by atoms with van der Waals surface area (Å²) < 4.78 is 0. The summed E-state index contributed by atoms with van der Waals surface area (Å²) >= 11 is 5.48. The maximum absolute atomic E-state index is 10.4. The van der Waals surface area contributed by atoms with Gasteiger partial charge in [0.1, 0.15) is 11.5 Å². The molecule has 0 spiro atoms. The molecule has 0 saturated heterocycles. The van der Waals surface area contributed by atoms with Gasteiger partial charge in [-0.3, -0.25) is 9.59 Å². The largest absolute Gasteiger partial charge is 0.507 e. The fraction of sp³-hybridized carbons (Fsp3) is 0.176. The van der Waals surface area contributed by atoms with Crippen molar-refractivity contribution in [1.82, 2.24) is 0 Å². The van der Waals surface area contributed by atoms with Crippen molar-refractivity contribution < 1.29 is 19.8 Å². The lowest BCUT2D eigenvalue weighted by Crippen LogP contribution is -1.89. The smallest absolute Gasteiger partial charge is 0.153 e. The SMILES string of the molecule is CC(C)c1ccc(O)c(C=O)c1.O=Cc1cccc(Cl)c1O. The van der Waals surface area contributed by atoms with Crippen LogP contribution >= 0.6 is 11.6 Å². The topological polar surface area (TPSA) is 74.6 Å². The number of aromatic hydroxyl groups is 2. The van der Waals surface area contributed by atoms with Gasteiger partial charge in [0, 0.05) is 0 Å². The summed E-state index contributed by atoms with van der Waals surface area (Å²) in [6, 6.07) is 9.71. The fourth-order valence-electron chi connectivity index (χ4n) is 1.65. The molecule has 2 aromatic carbocycles. The Bertz CT molecular complexity index is 666. The van der Waals surface area contributed by atoms with E-state index in [2.05, 4.69) is 0 Å². The maximum atomic E-state index is 10.4. The third-order valence-corrected chi connectivity index (χ3v) is 3.30. The van der Waals surface area contributed by atoms with Gasteiger partial charge >= 0.3 is 0 Å². The minimum atomic E-state index is -0.154. The number of hydrogen-bond acceptors (Lipinski definition) is 4. The normalized spacial score (nSPS) is 9.82. The Morgan fingerprint density at radius 2 is 1.64 bits per heavy atom. The Morgan fingerprint density at radius 1 is 1.00 bits per heavy atom. The molecule has 0 aromatic heterocycles. The van der Waals surface area contributed by atoms with Gasteiger partial charge in [0.15, 0.2) is 12.6 Å². The molecule has 2 aromatic rings. The van der Waals surface area contributed by atoms with Crippen molar-refractivity contribution in [2.45, 2.75) is 19.8 Å². The van der Waals surface area contributed by atoms with Crippen molar-refractivity contribution in [3.8, 4) is 11.5 Å². The zero-order valence-electron chi connectivity index (χ0n) is 12.3. The Morgan fingerprint density at radius 3 is 2.14 bits per heavy atom. The Hall–Kier alpha value is -2.33. The van der Waals surface area contributed by atoms with Gasteiger partial charge in [0.2, 0.25) is 0 Å². The lowest BCUT2D eigenvalue weighted by molar-refractivity contribution is 0.111. The van der Waals surface area contributed by atoms with Crippen LogP contribution in [0.3, 0.4) is 0 Å². The number of phenolic OH excluding ortho intramolecular Hbond substituents is 2. The highest BCUT2D eigenvalue weighted by atomic mass is 35.5. The number of carbonyl (C=O) groups excluding carboxylic acids is 2. The highest BCUT2D eigenvalue weighted by Gasteiger charge is 2.03.